The number of aliphatic carboxylic acids is 1. The Kier molecular flexibility index (Phi) is 6.91. The predicted molar refractivity (Wildman–Crippen MR) is 128 cm³/mol. The van der Waals surface area contributed by atoms with Crippen molar-refractivity contribution in [3.8, 4) is 11.1 Å². The quantitative estimate of drug-likeness (QED) is 0.578. The van der Waals surface area contributed by atoms with Crippen molar-refractivity contribution in [3.63, 3.8) is 0 Å². The maximum absolute atomic E-state index is 12.6. The van der Waals surface area contributed by atoms with Crippen LogP contribution in [0.25, 0.3) is 11.1 Å². The number of fused-ring (bicyclic) bond motifs is 3. The van der Waals surface area contributed by atoms with Gasteiger partial charge in [-0.3, -0.25) is 9.59 Å². The molecule has 7 nitrogen and oxygen atoms in total. The van der Waals surface area contributed by atoms with E-state index in [0.717, 1.165) is 0 Å². The maximum Gasteiger partial charge on any atom is 0.407 e. The summed E-state index contributed by atoms with van der Waals surface area (Å²) in [5.74, 6) is -0.494. The highest BCUT2D eigenvalue weighted by molar-refractivity contribution is 5.79. The Morgan fingerprint density at radius 2 is 1.62 bits per heavy atom. The molecule has 2 aromatic rings. The van der Waals surface area contributed by atoms with Gasteiger partial charge in [0.05, 0.1) is 0 Å². The predicted octanol–water partition coefficient (Wildman–Crippen LogP) is 4.26. The number of rotatable bonds is 9. The summed E-state index contributed by atoms with van der Waals surface area (Å²) in [4.78, 5) is 37.5. The first kappa shape index (κ1) is 23.8. The Labute approximate surface area is 200 Å². The summed E-state index contributed by atoms with van der Waals surface area (Å²) in [7, 11) is 0. The zero-order valence-corrected chi connectivity index (χ0v) is 19.8. The largest absolute Gasteiger partial charge is 0.481 e. The smallest absolute Gasteiger partial charge is 0.407 e. The van der Waals surface area contributed by atoms with Crippen LogP contribution in [0.4, 0.5) is 4.79 Å². The molecule has 0 saturated carbocycles. The lowest BCUT2D eigenvalue weighted by Crippen LogP contribution is -2.51. The lowest BCUT2D eigenvalue weighted by atomic mass is 9.86. The molecule has 2 amide bonds. The third-order valence-corrected chi connectivity index (χ3v) is 6.76. The highest BCUT2D eigenvalue weighted by Crippen LogP contribution is 2.44. The summed E-state index contributed by atoms with van der Waals surface area (Å²) in [6.45, 7) is 5.69. The Hall–Kier alpha value is -3.35. The third-order valence-electron chi connectivity index (χ3n) is 6.76. The average molecular weight is 465 g/mol. The van der Waals surface area contributed by atoms with Crippen molar-refractivity contribution in [1.29, 1.82) is 0 Å². The van der Waals surface area contributed by atoms with E-state index < -0.39 is 17.5 Å². The number of carbonyl (C=O) groups is 3. The van der Waals surface area contributed by atoms with Gasteiger partial charge in [-0.25, -0.2) is 4.79 Å². The summed E-state index contributed by atoms with van der Waals surface area (Å²) >= 11 is 0. The van der Waals surface area contributed by atoms with E-state index in [0.29, 0.717) is 32.5 Å². The van der Waals surface area contributed by atoms with Crippen LogP contribution in [0.2, 0.25) is 0 Å². The molecule has 0 atom stereocenters. The number of nitrogens with zero attached hydrogens (tertiary/aromatic N) is 1. The standard InChI is InChI=1S/C27H32N2O5/c1-27(2,13-24(30)29-14-18(15-29)11-12-25(31)32)17-28-26(33)34-16-23-21-9-5-3-7-19(21)20-8-4-6-10-22(20)23/h3-10,18,23H,11-17H2,1-2H3,(H,28,33)(H,31,32). The highest BCUT2D eigenvalue weighted by atomic mass is 16.5. The van der Waals surface area contributed by atoms with Crippen LogP contribution in [-0.2, 0) is 14.3 Å². The molecule has 0 bridgehead atoms. The van der Waals surface area contributed by atoms with Crippen molar-refractivity contribution in [3.05, 3.63) is 59.7 Å². The van der Waals surface area contributed by atoms with Crippen molar-refractivity contribution >= 4 is 18.0 Å². The summed E-state index contributed by atoms with van der Waals surface area (Å²) in [5, 5.41) is 11.6. The van der Waals surface area contributed by atoms with Crippen LogP contribution in [0.3, 0.4) is 0 Å². The number of carbonyl (C=O) groups excluding carboxylic acids is 2. The van der Waals surface area contributed by atoms with Crippen LogP contribution < -0.4 is 5.32 Å². The Bertz CT molecular complexity index is 1030. The number of benzene rings is 2. The number of alkyl carbamates (subject to hydrolysis) is 1. The van der Waals surface area contributed by atoms with Crippen molar-refractivity contribution in [1.82, 2.24) is 10.2 Å². The van der Waals surface area contributed by atoms with Crippen molar-refractivity contribution in [2.24, 2.45) is 11.3 Å². The Morgan fingerprint density at radius 3 is 2.21 bits per heavy atom. The molecule has 1 heterocycles. The molecule has 1 fully saturated rings. The fourth-order valence-electron chi connectivity index (χ4n) is 4.83. The van der Waals surface area contributed by atoms with Gasteiger partial charge in [-0.15, -0.1) is 0 Å². The molecule has 7 heteroatoms. The van der Waals surface area contributed by atoms with Crippen molar-refractivity contribution in [2.45, 2.75) is 39.0 Å². The molecule has 180 valence electrons. The third kappa shape index (κ3) is 5.41. The fraction of sp³-hybridized carbons (Fsp3) is 0.444. The first-order valence-electron chi connectivity index (χ1n) is 11.8. The molecule has 1 aliphatic carbocycles. The second-order valence-electron chi connectivity index (χ2n) is 10.1. The molecule has 2 N–H and O–H groups in total. The van der Waals surface area contributed by atoms with Gasteiger partial charge in [-0.2, -0.15) is 0 Å². The van der Waals surface area contributed by atoms with Gasteiger partial charge in [0.2, 0.25) is 5.91 Å². The van der Waals surface area contributed by atoms with E-state index in [9.17, 15) is 14.4 Å². The number of carboxylic acids is 1. The molecule has 0 radical (unpaired) electrons. The van der Waals surface area contributed by atoms with Gasteiger partial charge in [0, 0.05) is 38.4 Å². The molecular weight excluding hydrogens is 432 g/mol. The SMILES string of the molecule is CC(C)(CNC(=O)OCC1c2ccccc2-c2ccccc21)CC(=O)N1CC(CCC(=O)O)C1. The summed E-state index contributed by atoms with van der Waals surface area (Å²) < 4.78 is 5.59. The Morgan fingerprint density at radius 1 is 1.03 bits per heavy atom. The molecule has 34 heavy (non-hydrogen) atoms. The highest BCUT2D eigenvalue weighted by Gasteiger charge is 2.34. The molecule has 4 rings (SSSR count). The van der Waals surface area contributed by atoms with E-state index >= 15 is 0 Å². The van der Waals surface area contributed by atoms with Crippen LogP contribution in [0.1, 0.15) is 50.2 Å². The van der Waals surface area contributed by atoms with Gasteiger partial charge in [-0.05, 0) is 40.0 Å². The second-order valence-corrected chi connectivity index (χ2v) is 10.1. The molecule has 2 aliphatic rings. The van der Waals surface area contributed by atoms with E-state index in [-0.39, 0.29) is 30.8 Å². The monoisotopic (exact) mass is 464 g/mol. The molecule has 0 unspecified atom stereocenters. The number of hydrogen-bond acceptors (Lipinski definition) is 4. The number of ether oxygens (including phenoxy) is 1. The second kappa shape index (κ2) is 9.87. The lowest BCUT2D eigenvalue weighted by molar-refractivity contribution is -0.140. The number of carboxylic acid groups (broad SMARTS) is 1. The first-order chi connectivity index (χ1) is 16.2. The first-order valence-corrected chi connectivity index (χ1v) is 11.8. The normalized spacial score (nSPS) is 15.3. The molecule has 1 aliphatic heterocycles. The van der Waals surface area contributed by atoms with Crippen molar-refractivity contribution < 1.29 is 24.2 Å². The van der Waals surface area contributed by atoms with Gasteiger partial charge in [0.1, 0.15) is 6.61 Å². The Balaban J connectivity index is 1.23. The molecule has 0 aromatic heterocycles. The van der Waals surface area contributed by atoms with E-state index in [1.165, 1.54) is 22.3 Å². The van der Waals surface area contributed by atoms with Gasteiger partial charge in [-0.1, -0.05) is 62.4 Å². The van der Waals surface area contributed by atoms with Crippen LogP contribution >= 0.6 is 0 Å². The molecule has 2 aromatic carbocycles. The molecule has 0 spiro atoms. The maximum atomic E-state index is 12.6. The van der Waals surface area contributed by atoms with E-state index in [2.05, 4.69) is 29.6 Å². The number of likely N-dealkylation sites (tertiary alicyclic amines) is 1. The zero-order valence-electron chi connectivity index (χ0n) is 19.8. The number of amides is 2. The van der Waals surface area contributed by atoms with Gasteiger partial charge >= 0.3 is 12.1 Å². The molecular formula is C27H32N2O5. The van der Waals surface area contributed by atoms with Gasteiger partial charge < -0.3 is 20.1 Å². The molecule has 1 saturated heterocycles. The lowest BCUT2D eigenvalue weighted by Gasteiger charge is -2.40. The van der Waals surface area contributed by atoms with Crippen LogP contribution in [-0.4, -0.2) is 54.2 Å². The number of nitrogens with one attached hydrogen (secondary N) is 1. The minimum atomic E-state index is -0.801. The minimum Gasteiger partial charge on any atom is -0.481 e. The van der Waals surface area contributed by atoms with Gasteiger partial charge in [0.15, 0.2) is 0 Å². The van der Waals surface area contributed by atoms with E-state index in [1.54, 1.807) is 4.90 Å². The summed E-state index contributed by atoms with van der Waals surface area (Å²) in [6, 6.07) is 16.4. The number of hydrogen-bond donors (Lipinski definition) is 2. The average Bonchev–Trinajstić information content (AvgIpc) is 3.08. The fourth-order valence-corrected chi connectivity index (χ4v) is 4.83. The van der Waals surface area contributed by atoms with Crippen molar-refractivity contribution in [2.75, 3.05) is 26.2 Å². The summed E-state index contributed by atoms with van der Waals surface area (Å²) in [6.07, 6.45) is 0.566. The minimum absolute atomic E-state index is 0.00762. The van der Waals surface area contributed by atoms with Crippen LogP contribution in [0.15, 0.2) is 48.5 Å². The van der Waals surface area contributed by atoms with E-state index in [4.69, 9.17) is 9.84 Å². The van der Waals surface area contributed by atoms with Gasteiger partial charge in [0.25, 0.3) is 0 Å². The van der Waals surface area contributed by atoms with Crippen LogP contribution in [0, 0.1) is 11.3 Å². The summed E-state index contributed by atoms with van der Waals surface area (Å²) in [5.41, 5.74) is 4.28. The van der Waals surface area contributed by atoms with Crippen LogP contribution in [0.5, 0.6) is 0 Å². The van der Waals surface area contributed by atoms with E-state index in [1.807, 2.05) is 38.1 Å². The zero-order chi connectivity index (χ0) is 24.3. The topological polar surface area (TPSA) is 95.9 Å².